The first kappa shape index (κ1) is 15.0. The lowest BCUT2D eigenvalue weighted by atomic mass is 10.0. The lowest BCUT2D eigenvalue weighted by molar-refractivity contribution is 0.0936. The third-order valence-electron chi connectivity index (χ3n) is 2.56. The van der Waals surface area contributed by atoms with Gasteiger partial charge < -0.3 is 15.5 Å². The van der Waals surface area contributed by atoms with Crippen molar-refractivity contribution in [3.05, 3.63) is 28.2 Å². The molecule has 1 amide bonds. The minimum Gasteiger partial charge on any atom is -0.507 e. The molecule has 0 aliphatic heterocycles. The van der Waals surface area contributed by atoms with E-state index in [-0.39, 0.29) is 29.2 Å². The van der Waals surface area contributed by atoms with Gasteiger partial charge in [-0.3, -0.25) is 4.79 Å². The van der Waals surface area contributed by atoms with Crippen LogP contribution < -0.4 is 5.32 Å². The molecule has 0 heterocycles. The summed E-state index contributed by atoms with van der Waals surface area (Å²) >= 11 is 3.22. The summed E-state index contributed by atoms with van der Waals surface area (Å²) in [6.07, 6.45) is 0.255. The van der Waals surface area contributed by atoms with Crippen LogP contribution in [0.15, 0.2) is 22.7 Å². The first-order valence-corrected chi connectivity index (χ1v) is 6.64. The third kappa shape index (κ3) is 4.66. The Labute approximate surface area is 115 Å². The van der Waals surface area contributed by atoms with E-state index in [1.54, 1.807) is 19.1 Å². The highest BCUT2D eigenvalue weighted by Gasteiger charge is 2.13. The molecule has 1 rings (SSSR count). The number of aromatic hydroxyl groups is 1. The standard InChI is InChI=1S/C13H18BrNO3/c1-8(5-9(2)16)7-15-13(18)11-4-3-10(14)6-12(11)17/h3-4,6,8-9,16-17H,5,7H2,1-2H3,(H,15,18)/t8-,9+/m1/s1. The van der Waals surface area contributed by atoms with Crippen LogP contribution in [0, 0.1) is 5.92 Å². The zero-order valence-corrected chi connectivity index (χ0v) is 12.1. The van der Waals surface area contributed by atoms with Crippen molar-refractivity contribution in [3.8, 4) is 5.75 Å². The average molecular weight is 316 g/mol. The van der Waals surface area contributed by atoms with E-state index in [4.69, 9.17) is 0 Å². The van der Waals surface area contributed by atoms with E-state index in [1.165, 1.54) is 6.07 Å². The first-order chi connectivity index (χ1) is 8.40. The lowest BCUT2D eigenvalue weighted by Gasteiger charge is -2.14. The topological polar surface area (TPSA) is 69.6 Å². The molecule has 2 atom stereocenters. The van der Waals surface area contributed by atoms with E-state index in [1.807, 2.05) is 6.92 Å². The van der Waals surface area contributed by atoms with Crippen molar-refractivity contribution in [1.82, 2.24) is 5.32 Å². The van der Waals surface area contributed by atoms with Crippen LogP contribution >= 0.6 is 15.9 Å². The van der Waals surface area contributed by atoms with Gasteiger partial charge in [-0.25, -0.2) is 0 Å². The number of halogens is 1. The first-order valence-electron chi connectivity index (χ1n) is 5.85. The van der Waals surface area contributed by atoms with Gasteiger partial charge in [0.2, 0.25) is 0 Å². The number of carbonyl (C=O) groups is 1. The van der Waals surface area contributed by atoms with Crippen LogP contribution in [-0.4, -0.2) is 28.8 Å². The molecule has 4 nitrogen and oxygen atoms in total. The van der Waals surface area contributed by atoms with Crippen molar-refractivity contribution < 1.29 is 15.0 Å². The van der Waals surface area contributed by atoms with Crippen molar-refractivity contribution in [2.75, 3.05) is 6.54 Å². The number of hydrogen-bond acceptors (Lipinski definition) is 3. The van der Waals surface area contributed by atoms with Gasteiger partial charge in [-0.05, 0) is 37.5 Å². The molecule has 3 N–H and O–H groups in total. The maximum Gasteiger partial charge on any atom is 0.255 e. The van der Waals surface area contributed by atoms with Gasteiger partial charge in [-0.15, -0.1) is 0 Å². The molecule has 0 aliphatic carbocycles. The maximum absolute atomic E-state index is 11.8. The van der Waals surface area contributed by atoms with Crippen LogP contribution in [0.3, 0.4) is 0 Å². The molecule has 0 fully saturated rings. The number of amides is 1. The molecule has 0 saturated carbocycles. The normalized spacial score (nSPS) is 14.0. The van der Waals surface area contributed by atoms with Crippen molar-refractivity contribution in [1.29, 1.82) is 0 Å². The van der Waals surface area contributed by atoms with E-state index >= 15 is 0 Å². The number of aliphatic hydroxyl groups excluding tert-OH is 1. The van der Waals surface area contributed by atoms with E-state index < -0.39 is 0 Å². The average Bonchev–Trinajstić information content (AvgIpc) is 2.25. The zero-order valence-electron chi connectivity index (χ0n) is 10.5. The van der Waals surface area contributed by atoms with Crippen LogP contribution in [0.25, 0.3) is 0 Å². The summed E-state index contributed by atoms with van der Waals surface area (Å²) in [5.74, 6) is -0.172. The van der Waals surface area contributed by atoms with Gasteiger partial charge in [0, 0.05) is 11.0 Å². The fourth-order valence-electron chi connectivity index (χ4n) is 1.72. The SMILES string of the molecule is C[C@@H](CNC(=O)c1ccc(Br)cc1O)C[C@H](C)O. The number of phenols is 1. The summed E-state index contributed by atoms with van der Waals surface area (Å²) in [5, 5.41) is 21.6. The Balaban J connectivity index is 2.55. The van der Waals surface area contributed by atoms with E-state index in [9.17, 15) is 15.0 Å². The Hall–Kier alpha value is -1.07. The molecular formula is C13H18BrNO3. The molecule has 100 valence electrons. The van der Waals surface area contributed by atoms with Gasteiger partial charge in [0.1, 0.15) is 5.75 Å². The highest BCUT2D eigenvalue weighted by Crippen LogP contribution is 2.22. The van der Waals surface area contributed by atoms with E-state index in [2.05, 4.69) is 21.2 Å². The second-order valence-corrected chi connectivity index (χ2v) is 5.48. The van der Waals surface area contributed by atoms with Crippen LogP contribution in [0.1, 0.15) is 30.6 Å². The predicted molar refractivity (Wildman–Crippen MR) is 73.6 cm³/mol. The number of aliphatic hydroxyl groups is 1. The van der Waals surface area contributed by atoms with E-state index in [0.29, 0.717) is 13.0 Å². The summed E-state index contributed by atoms with van der Waals surface area (Å²) in [6.45, 7) is 4.15. The van der Waals surface area contributed by atoms with Gasteiger partial charge in [0.05, 0.1) is 11.7 Å². The summed E-state index contributed by atoms with van der Waals surface area (Å²) in [6, 6.07) is 4.75. The molecular weight excluding hydrogens is 298 g/mol. The maximum atomic E-state index is 11.8. The molecule has 0 unspecified atom stereocenters. The fourth-order valence-corrected chi connectivity index (χ4v) is 2.07. The zero-order chi connectivity index (χ0) is 13.7. The fraction of sp³-hybridized carbons (Fsp3) is 0.462. The Morgan fingerprint density at radius 2 is 2.11 bits per heavy atom. The number of phenolic OH excluding ortho intramolecular Hbond substituents is 1. The molecule has 1 aromatic carbocycles. The van der Waals surface area contributed by atoms with Gasteiger partial charge in [-0.1, -0.05) is 22.9 Å². The number of benzene rings is 1. The molecule has 0 saturated heterocycles. The molecule has 0 aromatic heterocycles. The Morgan fingerprint density at radius 3 is 2.67 bits per heavy atom. The van der Waals surface area contributed by atoms with Crippen LogP contribution in [0.2, 0.25) is 0 Å². The summed E-state index contributed by atoms with van der Waals surface area (Å²) in [5.41, 5.74) is 0.252. The van der Waals surface area contributed by atoms with Gasteiger partial charge in [-0.2, -0.15) is 0 Å². The third-order valence-corrected chi connectivity index (χ3v) is 3.05. The molecule has 18 heavy (non-hydrogen) atoms. The van der Waals surface area contributed by atoms with Gasteiger partial charge in [0.15, 0.2) is 0 Å². The number of nitrogens with one attached hydrogen (secondary N) is 1. The van der Waals surface area contributed by atoms with Gasteiger partial charge in [0.25, 0.3) is 5.91 Å². The molecule has 1 aromatic rings. The minimum atomic E-state index is -0.377. The van der Waals surface area contributed by atoms with Crippen LogP contribution in [0.5, 0.6) is 5.75 Å². The predicted octanol–water partition coefficient (Wildman–Crippen LogP) is 2.29. The van der Waals surface area contributed by atoms with Crippen molar-refractivity contribution in [3.63, 3.8) is 0 Å². The summed E-state index contributed by atoms with van der Waals surface area (Å²) < 4.78 is 0.721. The molecule has 0 bridgehead atoms. The van der Waals surface area contributed by atoms with Crippen LogP contribution in [0.4, 0.5) is 0 Å². The Bertz CT molecular complexity index is 421. The summed E-state index contributed by atoms with van der Waals surface area (Å²) in [7, 11) is 0. The number of rotatable bonds is 5. The smallest absolute Gasteiger partial charge is 0.255 e. The molecule has 5 heteroatoms. The van der Waals surface area contributed by atoms with E-state index in [0.717, 1.165) is 4.47 Å². The summed E-state index contributed by atoms with van der Waals surface area (Å²) in [4.78, 5) is 11.8. The van der Waals surface area contributed by atoms with Crippen LogP contribution in [-0.2, 0) is 0 Å². The van der Waals surface area contributed by atoms with Crippen molar-refractivity contribution >= 4 is 21.8 Å². The van der Waals surface area contributed by atoms with Gasteiger partial charge >= 0.3 is 0 Å². The molecule has 0 spiro atoms. The molecule has 0 aliphatic rings. The Kier molecular flexibility index (Phi) is 5.62. The largest absolute Gasteiger partial charge is 0.507 e. The molecule has 0 radical (unpaired) electrons. The highest BCUT2D eigenvalue weighted by atomic mass is 79.9. The monoisotopic (exact) mass is 315 g/mol. The minimum absolute atomic E-state index is 0.0509. The number of hydrogen-bond donors (Lipinski definition) is 3. The highest BCUT2D eigenvalue weighted by molar-refractivity contribution is 9.10. The second-order valence-electron chi connectivity index (χ2n) is 4.56. The number of carbonyl (C=O) groups excluding carboxylic acids is 1. The van der Waals surface area contributed by atoms with Crippen molar-refractivity contribution in [2.45, 2.75) is 26.4 Å². The van der Waals surface area contributed by atoms with Crippen molar-refractivity contribution in [2.24, 2.45) is 5.92 Å². The Morgan fingerprint density at radius 1 is 1.44 bits per heavy atom. The second kappa shape index (κ2) is 6.75. The quantitative estimate of drug-likeness (QED) is 0.781. The lowest BCUT2D eigenvalue weighted by Crippen LogP contribution is -2.29.